The van der Waals surface area contributed by atoms with Crippen LogP contribution in [0.4, 0.5) is 5.69 Å². The summed E-state index contributed by atoms with van der Waals surface area (Å²) in [5, 5.41) is 8.06. The van der Waals surface area contributed by atoms with Crippen molar-refractivity contribution in [2.75, 3.05) is 5.32 Å². The van der Waals surface area contributed by atoms with Gasteiger partial charge >= 0.3 is 0 Å². The monoisotopic (exact) mass is 458 g/mol. The number of nitrogens with zero attached hydrogens (tertiary/aromatic N) is 3. The molecule has 0 saturated heterocycles. The van der Waals surface area contributed by atoms with Gasteiger partial charge in [-0.15, -0.1) is 0 Å². The zero-order valence-electron chi connectivity index (χ0n) is 17.6. The highest BCUT2D eigenvalue weighted by Gasteiger charge is 2.56. The number of unbranched alkanes of at least 4 members (excludes halogenated alkanes) is 1. The summed E-state index contributed by atoms with van der Waals surface area (Å²) in [6.07, 6.45) is 10.9. The average molecular weight is 459 g/mol. The van der Waals surface area contributed by atoms with Gasteiger partial charge in [0.05, 0.1) is 11.9 Å². The molecule has 5 rings (SSSR count). The lowest BCUT2D eigenvalue weighted by molar-refractivity contribution is -0.105. The Balaban J connectivity index is 1.35. The van der Waals surface area contributed by atoms with Gasteiger partial charge in [-0.1, -0.05) is 20.8 Å². The second-order valence-corrected chi connectivity index (χ2v) is 10.2. The van der Waals surface area contributed by atoms with Gasteiger partial charge in [0.15, 0.2) is 0 Å². The fourth-order valence-corrected chi connectivity index (χ4v) is 5.83. The van der Waals surface area contributed by atoms with Gasteiger partial charge in [0.2, 0.25) is 0 Å². The molecule has 3 saturated carbocycles. The summed E-state index contributed by atoms with van der Waals surface area (Å²) in [6, 6.07) is 4.50. The molecule has 2 bridgehead atoms. The van der Waals surface area contributed by atoms with E-state index >= 15 is 0 Å². The molecule has 1 N–H and O–H groups in total. The van der Waals surface area contributed by atoms with Crippen LogP contribution in [0.15, 0.2) is 40.0 Å². The molecule has 0 radical (unpaired) electrons. The Bertz CT molecular complexity index is 911. The molecule has 0 unspecified atom stereocenters. The molecule has 2 aromatic heterocycles. The molecule has 3 aliphatic carbocycles. The lowest BCUT2D eigenvalue weighted by Crippen LogP contribution is -2.58. The lowest BCUT2D eigenvalue weighted by atomic mass is 9.45. The Morgan fingerprint density at radius 2 is 2.00 bits per heavy atom. The molecular weight excluding hydrogens is 428 g/mol. The molecule has 0 spiro atoms. The topological polar surface area (TPSA) is 59.8 Å². The quantitative estimate of drug-likeness (QED) is 0.598. The second kappa shape index (κ2) is 8.21. The summed E-state index contributed by atoms with van der Waals surface area (Å²) in [4.78, 5) is 16.8. The first-order valence-electron chi connectivity index (χ1n) is 10.8. The molecule has 0 aliphatic heterocycles. The van der Waals surface area contributed by atoms with E-state index in [1.54, 1.807) is 4.68 Å². The Kier molecular flexibility index (Phi) is 5.83. The van der Waals surface area contributed by atoms with Crippen molar-refractivity contribution in [3.8, 4) is 0 Å². The molecule has 29 heavy (non-hydrogen) atoms. The van der Waals surface area contributed by atoms with E-state index in [2.05, 4.69) is 52.1 Å². The summed E-state index contributed by atoms with van der Waals surface area (Å²) >= 11 is 3.53. The molecule has 4 atom stereocenters. The second-order valence-electron chi connectivity index (χ2n) is 9.42. The first kappa shape index (κ1) is 20.6. The molecule has 2 aromatic rings. The number of anilines is 1. The molecular formula is C23H31BrN4O. The van der Waals surface area contributed by atoms with Gasteiger partial charge in [-0.3, -0.25) is 9.78 Å². The summed E-state index contributed by atoms with van der Waals surface area (Å²) in [5.41, 5.74) is 2.53. The first-order valence-corrected chi connectivity index (χ1v) is 11.6. The van der Waals surface area contributed by atoms with Crippen LogP contribution in [0.25, 0.3) is 0 Å². The van der Waals surface area contributed by atoms with Crippen LogP contribution in [0.2, 0.25) is 0 Å². The van der Waals surface area contributed by atoms with Crippen LogP contribution in [0.5, 0.6) is 0 Å². The van der Waals surface area contributed by atoms with E-state index in [0.717, 1.165) is 36.8 Å². The number of aromatic nitrogens is 3. The van der Waals surface area contributed by atoms with Gasteiger partial charge in [0.1, 0.15) is 4.47 Å². The lowest BCUT2D eigenvalue weighted by Gasteiger charge is -2.62. The number of hydrogen-bond donors (Lipinski definition) is 1. The summed E-state index contributed by atoms with van der Waals surface area (Å²) in [5.74, 6) is 2.16. The minimum Gasteiger partial charge on any atom is -0.380 e. The van der Waals surface area contributed by atoms with Crippen molar-refractivity contribution in [3.05, 3.63) is 51.1 Å². The molecule has 2 heterocycles. The van der Waals surface area contributed by atoms with Gasteiger partial charge in [0, 0.05) is 25.0 Å². The maximum absolute atomic E-state index is 12.8. The largest absolute Gasteiger partial charge is 0.380 e. The zero-order chi connectivity index (χ0) is 20.6. The SMILES string of the molecule is C[C@H]1[C@H](Nc2cnn(CCCCc3ccncc3)c(=O)c2Br)C[C@H]2C[C@@H]1C2(C)C. The summed E-state index contributed by atoms with van der Waals surface area (Å²) in [7, 11) is 0. The van der Waals surface area contributed by atoms with Crippen LogP contribution in [0.1, 0.15) is 52.0 Å². The van der Waals surface area contributed by atoms with Crippen LogP contribution in [0, 0.1) is 23.2 Å². The van der Waals surface area contributed by atoms with Crippen LogP contribution in [-0.2, 0) is 13.0 Å². The standard InChI is InChI=1S/C23H31BrN4O/c1-15-18-12-17(23(18,2)3)13-19(15)27-20-14-26-28(22(29)21(20)24)11-5-4-6-16-7-9-25-10-8-16/h7-10,14-15,17-19,27H,4-6,11-13H2,1-3H3/t15-,17-,18+,19-/m1/s1. The molecule has 0 aromatic carbocycles. The number of rotatable bonds is 7. The maximum atomic E-state index is 12.8. The number of aryl methyl sites for hydroxylation is 2. The number of pyridine rings is 1. The van der Waals surface area contributed by atoms with Crippen LogP contribution < -0.4 is 10.9 Å². The first-order chi connectivity index (χ1) is 13.9. The van der Waals surface area contributed by atoms with Gasteiger partial charge in [0.25, 0.3) is 5.56 Å². The molecule has 0 amide bonds. The third kappa shape index (κ3) is 4.00. The molecule has 156 valence electrons. The predicted octanol–water partition coefficient (Wildman–Crippen LogP) is 4.91. The van der Waals surface area contributed by atoms with E-state index in [9.17, 15) is 4.79 Å². The van der Waals surface area contributed by atoms with Crippen molar-refractivity contribution < 1.29 is 0 Å². The maximum Gasteiger partial charge on any atom is 0.283 e. The Hall–Kier alpha value is -1.69. The summed E-state index contributed by atoms with van der Waals surface area (Å²) in [6.45, 7) is 7.81. The molecule has 3 aliphatic rings. The highest BCUT2D eigenvalue weighted by Crippen LogP contribution is 2.61. The summed E-state index contributed by atoms with van der Waals surface area (Å²) < 4.78 is 2.18. The normalized spacial score (nSPS) is 27.3. The Morgan fingerprint density at radius 3 is 2.69 bits per heavy atom. The third-order valence-corrected chi connectivity index (χ3v) is 8.28. The van der Waals surface area contributed by atoms with E-state index in [4.69, 9.17) is 0 Å². The van der Waals surface area contributed by atoms with Gasteiger partial charge in [-0.25, -0.2) is 4.68 Å². The van der Waals surface area contributed by atoms with Crippen molar-refractivity contribution in [1.82, 2.24) is 14.8 Å². The minimum atomic E-state index is -0.0483. The van der Waals surface area contributed by atoms with Crippen LogP contribution >= 0.6 is 15.9 Å². The molecule has 5 nitrogen and oxygen atoms in total. The number of hydrogen-bond acceptors (Lipinski definition) is 4. The molecule has 6 heteroatoms. The van der Waals surface area contributed by atoms with Gasteiger partial charge in [-0.05, 0) is 88.9 Å². The third-order valence-electron chi connectivity index (χ3n) is 7.51. The van der Waals surface area contributed by atoms with Crippen molar-refractivity contribution in [2.24, 2.45) is 23.2 Å². The van der Waals surface area contributed by atoms with E-state index in [1.807, 2.05) is 30.7 Å². The van der Waals surface area contributed by atoms with Crippen LogP contribution in [0.3, 0.4) is 0 Å². The smallest absolute Gasteiger partial charge is 0.283 e. The van der Waals surface area contributed by atoms with E-state index in [-0.39, 0.29) is 5.56 Å². The Labute approximate surface area is 181 Å². The van der Waals surface area contributed by atoms with Crippen molar-refractivity contribution >= 4 is 21.6 Å². The highest BCUT2D eigenvalue weighted by atomic mass is 79.9. The van der Waals surface area contributed by atoms with Gasteiger partial charge < -0.3 is 5.32 Å². The van der Waals surface area contributed by atoms with E-state index in [0.29, 0.717) is 28.4 Å². The van der Waals surface area contributed by atoms with Crippen molar-refractivity contribution in [1.29, 1.82) is 0 Å². The van der Waals surface area contributed by atoms with Gasteiger partial charge in [-0.2, -0.15) is 5.10 Å². The number of halogens is 1. The highest BCUT2D eigenvalue weighted by molar-refractivity contribution is 9.10. The zero-order valence-corrected chi connectivity index (χ0v) is 19.2. The minimum absolute atomic E-state index is 0.0483. The predicted molar refractivity (Wildman–Crippen MR) is 120 cm³/mol. The number of fused-ring (bicyclic) bond motifs is 2. The Morgan fingerprint density at radius 1 is 1.24 bits per heavy atom. The fraction of sp³-hybridized carbons (Fsp3) is 0.609. The average Bonchev–Trinajstić information content (AvgIpc) is 2.71. The van der Waals surface area contributed by atoms with Crippen molar-refractivity contribution in [2.45, 2.75) is 65.5 Å². The molecule has 3 fully saturated rings. The number of nitrogens with one attached hydrogen (secondary N) is 1. The van der Waals surface area contributed by atoms with Crippen molar-refractivity contribution in [3.63, 3.8) is 0 Å². The van der Waals surface area contributed by atoms with Crippen LogP contribution in [-0.4, -0.2) is 20.8 Å². The van der Waals surface area contributed by atoms with E-state index in [1.165, 1.54) is 18.4 Å². The van der Waals surface area contributed by atoms with E-state index < -0.39 is 0 Å². The fourth-order valence-electron chi connectivity index (χ4n) is 5.41.